The van der Waals surface area contributed by atoms with Crippen LogP contribution >= 0.6 is 34.5 Å². The SMILES string of the molecule is C[C@H](NC(=O)COC(=O)c1sc2ccccc2c1Cl)c1ccc(Cl)cc1. The molecule has 7 heteroatoms. The smallest absolute Gasteiger partial charge is 0.350 e. The van der Waals surface area contributed by atoms with Crippen molar-refractivity contribution in [3.63, 3.8) is 0 Å². The lowest BCUT2D eigenvalue weighted by molar-refractivity contribution is -0.124. The number of fused-ring (bicyclic) bond motifs is 1. The predicted molar refractivity (Wildman–Crippen MR) is 105 cm³/mol. The van der Waals surface area contributed by atoms with Gasteiger partial charge in [-0.3, -0.25) is 4.79 Å². The van der Waals surface area contributed by atoms with Gasteiger partial charge in [-0.1, -0.05) is 53.5 Å². The first kappa shape index (κ1) is 18.7. The Morgan fingerprint density at radius 1 is 1.12 bits per heavy atom. The van der Waals surface area contributed by atoms with Crippen LogP contribution in [-0.4, -0.2) is 18.5 Å². The molecule has 0 aliphatic rings. The zero-order valence-corrected chi connectivity index (χ0v) is 16.1. The summed E-state index contributed by atoms with van der Waals surface area (Å²) in [6, 6.07) is 14.4. The van der Waals surface area contributed by atoms with Gasteiger partial charge in [-0.05, 0) is 30.7 Å². The van der Waals surface area contributed by atoms with E-state index < -0.39 is 11.9 Å². The summed E-state index contributed by atoms with van der Waals surface area (Å²) >= 11 is 13.3. The van der Waals surface area contributed by atoms with Crippen LogP contribution in [0.2, 0.25) is 10.0 Å². The van der Waals surface area contributed by atoms with Gasteiger partial charge >= 0.3 is 5.97 Å². The van der Waals surface area contributed by atoms with Crippen molar-refractivity contribution >= 4 is 56.5 Å². The number of hydrogen-bond acceptors (Lipinski definition) is 4. The summed E-state index contributed by atoms with van der Waals surface area (Å²) in [7, 11) is 0. The Labute approximate surface area is 164 Å². The zero-order chi connectivity index (χ0) is 18.7. The lowest BCUT2D eigenvalue weighted by Crippen LogP contribution is -2.31. The van der Waals surface area contributed by atoms with Crippen molar-refractivity contribution in [3.05, 3.63) is 69.0 Å². The minimum absolute atomic E-state index is 0.230. The van der Waals surface area contributed by atoms with Crippen molar-refractivity contribution in [2.24, 2.45) is 0 Å². The van der Waals surface area contributed by atoms with Gasteiger partial charge in [0.25, 0.3) is 5.91 Å². The fourth-order valence-electron chi connectivity index (χ4n) is 2.46. The summed E-state index contributed by atoms with van der Waals surface area (Å²) in [5.41, 5.74) is 0.904. The van der Waals surface area contributed by atoms with E-state index in [1.807, 2.05) is 43.3 Å². The summed E-state index contributed by atoms with van der Waals surface area (Å²) in [5, 5.41) is 4.55. The Hall–Kier alpha value is -2.08. The number of thiophene rings is 1. The number of halogens is 2. The molecule has 2 aromatic carbocycles. The summed E-state index contributed by atoms with van der Waals surface area (Å²) in [6.45, 7) is 1.47. The maximum absolute atomic E-state index is 12.2. The number of hydrogen-bond donors (Lipinski definition) is 1. The first-order valence-electron chi connectivity index (χ1n) is 7.84. The third-order valence-corrected chi connectivity index (χ3v) is 5.71. The average molecular weight is 408 g/mol. The van der Waals surface area contributed by atoms with Crippen LogP contribution in [0, 0.1) is 0 Å². The maximum Gasteiger partial charge on any atom is 0.350 e. The fourth-order valence-corrected chi connectivity index (χ4v) is 3.99. The van der Waals surface area contributed by atoms with Crippen molar-refractivity contribution in [1.82, 2.24) is 5.32 Å². The van der Waals surface area contributed by atoms with E-state index in [9.17, 15) is 9.59 Å². The highest BCUT2D eigenvalue weighted by Gasteiger charge is 2.19. The van der Waals surface area contributed by atoms with Crippen molar-refractivity contribution < 1.29 is 14.3 Å². The molecule has 0 saturated carbocycles. The molecule has 1 amide bonds. The van der Waals surface area contributed by atoms with Gasteiger partial charge in [-0.2, -0.15) is 0 Å². The maximum atomic E-state index is 12.2. The van der Waals surface area contributed by atoms with Gasteiger partial charge in [0.05, 0.1) is 11.1 Å². The van der Waals surface area contributed by atoms with Crippen molar-refractivity contribution in [1.29, 1.82) is 0 Å². The van der Waals surface area contributed by atoms with Crippen LogP contribution in [0.3, 0.4) is 0 Å². The highest BCUT2D eigenvalue weighted by atomic mass is 35.5. The number of carbonyl (C=O) groups excluding carboxylic acids is 2. The molecule has 0 aliphatic carbocycles. The lowest BCUT2D eigenvalue weighted by atomic mass is 10.1. The monoisotopic (exact) mass is 407 g/mol. The molecule has 3 rings (SSSR count). The van der Waals surface area contributed by atoms with Gasteiger partial charge in [0.1, 0.15) is 4.88 Å². The fraction of sp³-hybridized carbons (Fsp3) is 0.158. The van der Waals surface area contributed by atoms with E-state index in [0.717, 1.165) is 15.6 Å². The molecule has 1 atom stereocenters. The first-order valence-corrected chi connectivity index (χ1v) is 9.42. The summed E-state index contributed by atoms with van der Waals surface area (Å²) in [6.07, 6.45) is 0. The highest BCUT2D eigenvalue weighted by molar-refractivity contribution is 7.21. The van der Waals surface area contributed by atoms with Crippen molar-refractivity contribution in [2.45, 2.75) is 13.0 Å². The van der Waals surface area contributed by atoms with Crippen LogP contribution in [0.25, 0.3) is 10.1 Å². The number of nitrogens with one attached hydrogen (secondary N) is 1. The third kappa shape index (κ3) is 4.18. The molecule has 0 spiro atoms. The second-order valence-electron chi connectivity index (χ2n) is 5.66. The Balaban J connectivity index is 1.59. The van der Waals surface area contributed by atoms with Gasteiger partial charge in [0.15, 0.2) is 6.61 Å². The number of ether oxygens (including phenoxy) is 1. The molecule has 3 aromatic rings. The van der Waals surface area contributed by atoms with E-state index in [0.29, 0.717) is 14.9 Å². The standard InChI is InChI=1S/C19H15Cl2NO3S/c1-11(12-6-8-13(20)9-7-12)22-16(23)10-25-19(24)18-17(21)14-4-2-3-5-15(14)26-18/h2-9,11H,10H2,1H3,(H,22,23)/t11-/m0/s1. The van der Waals surface area contributed by atoms with Crippen LogP contribution in [0.15, 0.2) is 48.5 Å². The van der Waals surface area contributed by atoms with Crippen LogP contribution in [0.1, 0.15) is 28.2 Å². The summed E-state index contributed by atoms with van der Waals surface area (Å²) in [4.78, 5) is 24.6. The van der Waals surface area contributed by atoms with E-state index in [4.69, 9.17) is 27.9 Å². The highest BCUT2D eigenvalue weighted by Crippen LogP contribution is 2.35. The Kier molecular flexibility index (Phi) is 5.81. The normalized spacial score (nSPS) is 12.0. The summed E-state index contributed by atoms with van der Waals surface area (Å²) in [5.74, 6) is -0.997. The Morgan fingerprint density at radius 3 is 2.50 bits per heavy atom. The second kappa shape index (κ2) is 8.08. The topological polar surface area (TPSA) is 55.4 Å². The molecule has 0 saturated heterocycles. The molecule has 0 radical (unpaired) electrons. The van der Waals surface area contributed by atoms with Crippen LogP contribution in [-0.2, 0) is 9.53 Å². The van der Waals surface area contributed by atoms with E-state index in [2.05, 4.69) is 5.32 Å². The largest absolute Gasteiger partial charge is 0.451 e. The molecule has 1 N–H and O–H groups in total. The van der Waals surface area contributed by atoms with E-state index in [1.54, 1.807) is 12.1 Å². The third-order valence-electron chi connectivity index (χ3n) is 3.80. The number of amides is 1. The molecule has 0 aliphatic heterocycles. The quantitative estimate of drug-likeness (QED) is 0.588. The predicted octanol–water partition coefficient (Wildman–Crippen LogP) is 5.24. The molecular formula is C19H15Cl2NO3S. The number of rotatable bonds is 5. The minimum Gasteiger partial charge on any atom is -0.451 e. The zero-order valence-electron chi connectivity index (χ0n) is 13.8. The van der Waals surface area contributed by atoms with Crippen LogP contribution in [0.5, 0.6) is 0 Å². The molecule has 0 unspecified atom stereocenters. The Bertz CT molecular complexity index is 953. The molecular weight excluding hydrogens is 393 g/mol. The molecule has 1 heterocycles. The first-order chi connectivity index (χ1) is 12.5. The number of benzene rings is 2. The van der Waals surface area contributed by atoms with E-state index in [-0.39, 0.29) is 12.6 Å². The van der Waals surface area contributed by atoms with Gasteiger partial charge < -0.3 is 10.1 Å². The van der Waals surface area contributed by atoms with Crippen molar-refractivity contribution in [3.8, 4) is 0 Å². The lowest BCUT2D eigenvalue weighted by Gasteiger charge is -2.14. The van der Waals surface area contributed by atoms with E-state index in [1.165, 1.54) is 11.3 Å². The minimum atomic E-state index is -0.606. The number of esters is 1. The van der Waals surface area contributed by atoms with Crippen LogP contribution in [0.4, 0.5) is 0 Å². The molecule has 1 aromatic heterocycles. The molecule has 0 bridgehead atoms. The molecule has 134 valence electrons. The van der Waals surface area contributed by atoms with Gasteiger partial charge in [0, 0.05) is 15.1 Å². The van der Waals surface area contributed by atoms with Gasteiger partial charge in [-0.15, -0.1) is 11.3 Å². The van der Waals surface area contributed by atoms with Crippen LogP contribution < -0.4 is 5.32 Å². The molecule has 26 heavy (non-hydrogen) atoms. The molecule has 4 nitrogen and oxygen atoms in total. The van der Waals surface area contributed by atoms with E-state index >= 15 is 0 Å². The Morgan fingerprint density at radius 2 is 1.81 bits per heavy atom. The molecule has 0 fully saturated rings. The van der Waals surface area contributed by atoms with Crippen molar-refractivity contribution in [2.75, 3.05) is 6.61 Å². The summed E-state index contributed by atoms with van der Waals surface area (Å²) < 4.78 is 6.00. The second-order valence-corrected chi connectivity index (χ2v) is 7.52. The van der Waals surface area contributed by atoms with Gasteiger partial charge in [-0.25, -0.2) is 4.79 Å². The number of carbonyl (C=O) groups is 2. The van der Waals surface area contributed by atoms with Gasteiger partial charge in [0.2, 0.25) is 0 Å². The average Bonchev–Trinajstić information content (AvgIpc) is 2.97.